The first kappa shape index (κ1) is 13.1. The Kier molecular flexibility index (Phi) is 4.59. The quantitative estimate of drug-likeness (QED) is 0.900. The fourth-order valence-electron chi connectivity index (χ4n) is 2.22. The molecule has 0 radical (unpaired) electrons. The molecule has 2 N–H and O–H groups in total. The highest BCUT2D eigenvalue weighted by Crippen LogP contribution is 2.23. The minimum absolute atomic E-state index is 0.0635. The molecule has 1 aliphatic carbocycles. The third kappa shape index (κ3) is 3.53. The molecule has 1 saturated carbocycles. The highest BCUT2D eigenvalue weighted by atomic mass is 79.9. The van der Waals surface area contributed by atoms with Crippen molar-refractivity contribution in [2.45, 2.75) is 37.8 Å². The summed E-state index contributed by atoms with van der Waals surface area (Å²) in [5.41, 5.74) is 0. The zero-order valence-corrected chi connectivity index (χ0v) is 12.2. The summed E-state index contributed by atoms with van der Waals surface area (Å²) in [6.45, 7) is 0. The van der Waals surface area contributed by atoms with Crippen LogP contribution in [0.4, 0.5) is 0 Å². The number of hydrogen-bond donors (Lipinski definition) is 2. The lowest BCUT2D eigenvalue weighted by molar-refractivity contribution is 0.0929. The standard InChI is InChI=1S/C12H17BrN2OS/c1-14-8-2-4-9(5-3-8)15-12(16)10-6-7-11(13)17-10/h6-9,14H,2-5H2,1H3,(H,15,16). The molecule has 1 heterocycles. The van der Waals surface area contributed by atoms with Crippen LogP contribution in [0.5, 0.6) is 0 Å². The van der Waals surface area contributed by atoms with Crippen LogP contribution in [0.15, 0.2) is 15.9 Å². The second-order valence-electron chi connectivity index (χ2n) is 4.41. The van der Waals surface area contributed by atoms with Crippen LogP contribution < -0.4 is 10.6 Å². The van der Waals surface area contributed by atoms with E-state index in [-0.39, 0.29) is 5.91 Å². The van der Waals surface area contributed by atoms with Crippen molar-refractivity contribution in [3.63, 3.8) is 0 Å². The molecule has 0 aromatic carbocycles. The maximum atomic E-state index is 11.9. The molecule has 1 aromatic heterocycles. The van der Waals surface area contributed by atoms with E-state index in [1.165, 1.54) is 11.3 Å². The van der Waals surface area contributed by atoms with Crippen molar-refractivity contribution < 1.29 is 4.79 Å². The van der Waals surface area contributed by atoms with Gasteiger partial charge in [0.05, 0.1) is 8.66 Å². The molecule has 94 valence electrons. The third-order valence-corrected chi connectivity index (χ3v) is 4.89. The number of carbonyl (C=O) groups is 1. The Bertz CT molecular complexity index is 386. The van der Waals surface area contributed by atoms with Crippen molar-refractivity contribution in [1.82, 2.24) is 10.6 Å². The normalized spacial score (nSPS) is 24.6. The minimum Gasteiger partial charge on any atom is -0.349 e. The predicted molar refractivity (Wildman–Crippen MR) is 74.6 cm³/mol. The molecule has 2 rings (SSSR count). The summed E-state index contributed by atoms with van der Waals surface area (Å²) < 4.78 is 1.00. The van der Waals surface area contributed by atoms with Gasteiger partial charge in [-0.25, -0.2) is 0 Å². The molecule has 17 heavy (non-hydrogen) atoms. The first-order valence-electron chi connectivity index (χ1n) is 5.92. The SMILES string of the molecule is CNC1CCC(NC(=O)c2ccc(Br)s2)CC1. The summed E-state index contributed by atoms with van der Waals surface area (Å²) in [4.78, 5) is 12.7. The average Bonchev–Trinajstić information content (AvgIpc) is 2.77. The molecule has 1 fully saturated rings. The zero-order valence-electron chi connectivity index (χ0n) is 9.83. The van der Waals surface area contributed by atoms with E-state index >= 15 is 0 Å². The Labute approximate surface area is 114 Å². The predicted octanol–water partition coefficient (Wildman–Crippen LogP) is 2.77. The van der Waals surface area contributed by atoms with Crippen LogP contribution in [0.25, 0.3) is 0 Å². The largest absolute Gasteiger partial charge is 0.349 e. The van der Waals surface area contributed by atoms with Gasteiger partial charge < -0.3 is 10.6 Å². The molecule has 5 heteroatoms. The topological polar surface area (TPSA) is 41.1 Å². The smallest absolute Gasteiger partial charge is 0.261 e. The van der Waals surface area contributed by atoms with Crippen molar-refractivity contribution >= 4 is 33.2 Å². The van der Waals surface area contributed by atoms with Gasteiger partial charge in [0.2, 0.25) is 0 Å². The first-order valence-corrected chi connectivity index (χ1v) is 7.53. The maximum Gasteiger partial charge on any atom is 0.261 e. The monoisotopic (exact) mass is 316 g/mol. The molecule has 0 atom stereocenters. The number of carbonyl (C=O) groups excluding carboxylic acids is 1. The summed E-state index contributed by atoms with van der Waals surface area (Å²) >= 11 is 4.85. The van der Waals surface area contributed by atoms with Gasteiger partial charge in [0.15, 0.2) is 0 Å². The minimum atomic E-state index is 0.0635. The second kappa shape index (κ2) is 5.98. The van der Waals surface area contributed by atoms with Crippen molar-refractivity contribution in [2.24, 2.45) is 0 Å². The van der Waals surface area contributed by atoms with E-state index in [0.29, 0.717) is 12.1 Å². The number of amides is 1. The maximum absolute atomic E-state index is 11.9. The van der Waals surface area contributed by atoms with Crippen molar-refractivity contribution in [2.75, 3.05) is 7.05 Å². The van der Waals surface area contributed by atoms with Crippen LogP contribution in [-0.2, 0) is 0 Å². The molecule has 1 aromatic rings. The van der Waals surface area contributed by atoms with Gasteiger partial charge >= 0.3 is 0 Å². The number of rotatable bonds is 3. The van der Waals surface area contributed by atoms with Crippen LogP contribution >= 0.6 is 27.3 Å². The first-order chi connectivity index (χ1) is 8.19. The van der Waals surface area contributed by atoms with Gasteiger partial charge in [-0.05, 0) is 60.8 Å². The molecular weight excluding hydrogens is 300 g/mol. The Morgan fingerprint density at radius 3 is 2.47 bits per heavy atom. The van der Waals surface area contributed by atoms with Crippen LogP contribution in [0.3, 0.4) is 0 Å². The molecule has 0 saturated heterocycles. The van der Waals surface area contributed by atoms with Gasteiger partial charge in [-0.3, -0.25) is 4.79 Å². The average molecular weight is 317 g/mol. The Hall–Kier alpha value is -0.390. The lowest BCUT2D eigenvalue weighted by atomic mass is 9.91. The third-order valence-electron chi connectivity index (χ3n) is 3.27. The summed E-state index contributed by atoms with van der Waals surface area (Å²) in [6, 6.07) is 4.74. The van der Waals surface area contributed by atoms with Crippen LogP contribution in [0, 0.1) is 0 Å². The van der Waals surface area contributed by atoms with E-state index < -0.39 is 0 Å². The molecule has 0 unspecified atom stereocenters. The molecule has 0 spiro atoms. The zero-order chi connectivity index (χ0) is 12.3. The highest BCUT2D eigenvalue weighted by Gasteiger charge is 2.22. The van der Waals surface area contributed by atoms with Crippen molar-refractivity contribution in [1.29, 1.82) is 0 Å². The van der Waals surface area contributed by atoms with Crippen LogP contribution in [0.1, 0.15) is 35.4 Å². The molecule has 1 aliphatic rings. The summed E-state index contributed by atoms with van der Waals surface area (Å²) in [6.07, 6.45) is 4.44. The molecule has 1 amide bonds. The lowest BCUT2D eigenvalue weighted by Crippen LogP contribution is -2.41. The summed E-state index contributed by atoms with van der Waals surface area (Å²) in [5, 5.41) is 6.41. The van der Waals surface area contributed by atoms with Gasteiger partial charge in [-0.2, -0.15) is 0 Å². The van der Waals surface area contributed by atoms with Crippen molar-refractivity contribution in [3.05, 3.63) is 20.8 Å². The molecule has 3 nitrogen and oxygen atoms in total. The van der Waals surface area contributed by atoms with E-state index in [0.717, 1.165) is 34.3 Å². The lowest BCUT2D eigenvalue weighted by Gasteiger charge is -2.28. The van der Waals surface area contributed by atoms with Gasteiger partial charge in [0.1, 0.15) is 0 Å². The number of hydrogen-bond acceptors (Lipinski definition) is 3. The summed E-state index contributed by atoms with van der Waals surface area (Å²) in [7, 11) is 2.01. The fourth-order valence-corrected chi connectivity index (χ4v) is 3.51. The highest BCUT2D eigenvalue weighted by molar-refractivity contribution is 9.11. The van der Waals surface area contributed by atoms with E-state index in [4.69, 9.17) is 0 Å². The Morgan fingerprint density at radius 1 is 1.29 bits per heavy atom. The van der Waals surface area contributed by atoms with Gasteiger partial charge in [0.25, 0.3) is 5.91 Å². The van der Waals surface area contributed by atoms with Crippen molar-refractivity contribution in [3.8, 4) is 0 Å². The van der Waals surface area contributed by atoms with Gasteiger partial charge in [-0.15, -0.1) is 11.3 Å². The number of nitrogens with one attached hydrogen (secondary N) is 2. The van der Waals surface area contributed by atoms with Gasteiger partial charge in [-0.1, -0.05) is 0 Å². The van der Waals surface area contributed by atoms with E-state index in [2.05, 4.69) is 26.6 Å². The molecule has 0 bridgehead atoms. The molecular formula is C12H17BrN2OS. The summed E-state index contributed by atoms with van der Waals surface area (Å²) in [5.74, 6) is 0.0635. The number of thiophene rings is 1. The van der Waals surface area contributed by atoms with E-state index in [1.807, 2.05) is 19.2 Å². The van der Waals surface area contributed by atoms with Crippen LogP contribution in [0.2, 0.25) is 0 Å². The van der Waals surface area contributed by atoms with Crippen LogP contribution in [-0.4, -0.2) is 25.0 Å². The Balaban J connectivity index is 1.84. The van der Waals surface area contributed by atoms with Gasteiger partial charge in [0, 0.05) is 12.1 Å². The fraction of sp³-hybridized carbons (Fsp3) is 0.583. The van der Waals surface area contributed by atoms with E-state index in [1.54, 1.807) is 0 Å². The molecule has 0 aliphatic heterocycles. The number of halogens is 1. The Morgan fingerprint density at radius 2 is 1.94 bits per heavy atom. The van der Waals surface area contributed by atoms with E-state index in [9.17, 15) is 4.79 Å². The second-order valence-corrected chi connectivity index (χ2v) is 6.88.